The van der Waals surface area contributed by atoms with Crippen molar-refractivity contribution in [2.24, 2.45) is 0 Å². The maximum absolute atomic E-state index is 6.12. The Labute approximate surface area is 127 Å². The Hall–Kier alpha value is -3.14. The Bertz CT molecular complexity index is 1000. The highest BCUT2D eigenvalue weighted by Crippen LogP contribution is 2.35. The highest BCUT2D eigenvalue weighted by atomic mass is 14.8. The third kappa shape index (κ3) is 1.85. The third-order valence-corrected chi connectivity index (χ3v) is 3.90. The van der Waals surface area contributed by atoms with Gasteiger partial charge in [-0.15, -0.1) is 0 Å². The van der Waals surface area contributed by atoms with Crippen LogP contribution in [0.2, 0.25) is 0 Å². The highest BCUT2D eigenvalue weighted by Gasteiger charge is 2.10. The fourth-order valence-electron chi connectivity index (χ4n) is 2.91. The molecule has 0 radical (unpaired) electrons. The van der Waals surface area contributed by atoms with Crippen molar-refractivity contribution in [1.29, 1.82) is 0 Å². The van der Waals surface area contributed by atoms with Gasteiger partial charge in [-0.05, 0) is 34.0 Å². The van der Waals surface area contributed by atoms with E-state index < -0.39 is 0 Å². The number of benzene rings is 2. The summed E-state index contributed by atoms with van der Waals surface area (Å²) < 4.78 is 0. The van der Waals surface area contributed by atoms with E-state index in [-0.39, 0.29) is 0 Å². The molecule has 0 unspecified atom stereocenters. The molecule has 2 aromatic carbocycles. The molecular weight excluding hydrogens is 272 g/mol. The molecule has 4 nitrogen and oxygen atoms in total. The summed E-state index contributed by atoms with van der Waals surface area (Å²) in [5.74, 6) is 1.05. The second-order valence-electron chi connectivity index (χ2n) is 5.24. The Kier molecular flexibility index (Phi) is 2.69. The zero-order chi connectivity index (χ0) is 15.1. The number of nitrogens with zero attached hydrogens (tertiary/aromatic N) is 2. The molecule has 0 aliphatic heterocycles. The van der Waals surface area contributed by atoms with Gasteiger partial charge in [0.1, 0.15) is 11.6 Å². The fourth-order valence-corrected chi connectivity index (χ4v) is 2.91. The van der Waals surface area contributed by atoms with Gasteiger partial charge in [-0.3, -0.25) is 0 Å². The van der Waals surface area contributed by atoms with Crippen LogP contribution in [0.25, 0.3) is 32.7 Å². The van der Waals surface area contributed by atoms with E-state index in [4.69, 9.17) is 11.5 Å². The number of nitrogen functional groups attached to an aromatic ring is 2. The van der Waals surface area contributed by atoms with Crippen molar-refractivity contribution in [3.8, 4) is 11.1 Å². The van der Waals surface area contributed by atoms with Gasteiger partial charge in [0, 0.05) is 23.2 Å². The van der Waals surface area contributed by atoms with Crippen molar-refractivity contribution in [3.63, 3.8) is 0 Å². The second-order valence-corrected chi connectivity index (χ2v) is 5.24. The number of hydrogen-bond acceptors (Lipinski definition) is 4. The number of nitrogens with two attached hydrogens (primary N) is 2. The number of fused-ring (bicyclic) bond motifs is 2. The van der Waals surface area contributed by atoms with E-state index in [1.165, 1.54) is 0 Å². The molecule has 0 fully saturated rings. The largest absolute Gasteiger partial charge is 0.384 e. The molecule has 22 heavy (non-hydrogen) atoms. The maximum Gasteiger partial charge on any atom is 0.131 e. The Balaban J connectivity index is 2.12. The summed E-state index contributed by atoms with van der Waals surface area (Å²) in [7, 11) is 0. The summed E-state index contributed by atoms with van der Waals surface area (Å²) in [6, 6.07) is 16.1. The van der Waals surface area contributed by atoms with E-state index in [1.54, 1.807) is 6.20 Å². The van der Waals surface area contributed by atoms with Gasteiger partial charge >= 0.3 is 0 Å². The summed E-state index contributed by atoms with van der Waals surface area (Å²) in [4.78, 5) is 8.46. The lowest BCUT2D eigenvalue weighted by molar-refractivity contribution is 1.36. The van der Waals surface area contributed by atoms with Gasteiger partial charge in [0.25, 0.3) is 0 Å². The molecule has 4 N–H and O–H groups in total. The van der Waals surface area contributed by atoms with E-state index in [0.29, 0.717) is 11.6 Å². The first-order valence-electron chi connectivity index (χ1n) is 7.02. The van der Waals surface area contributed by atoms with Crippen molar-refractivity contribution in [3.05, 3.63) is 60.9 Å². The normalized spacial score (nSPS) is 11.1. The van der Waals surface area contributed by atoms with Crippen LogP contribution in [0.3, 0.4) is 0 Å². The summed E-state index contributed by atoms with van der Waals surface area (Å²) in [5.41, 5.74) is 14.0. The number of aromatic nitrogens is 2. The molecule has 0 spiro atoms. The summed E-state index contributed by atoms with van der Waals surface area (Å²) in [6.07, 6.45) is 3.54. The van der Waals surface area contributed by atoms with Gasteiger partial charge in [0.05, 0.1) is 0 Å². The van der Waals surface area contributed by atoms with Crippen LogP contribution in [0.5, 0.6) is 0 Å². The molecule has 0 amide bonds. The van der Waals surface area contributed by atoms with E-state index >= 15 is 0 Å². The lowest BCUT2D eigenvalue weighted by Crippen LogP contribution is -1.94. The van der Waals surface area contributed by atoms with Crippen LogP contribution in [0, 0.1) is 0 Å². The van der Waals surface area contributed by atoms with Gasteiger partial charge in [-0.1, -0.05) is 36.4 Å². The van der Waals surface area contributed by atoms with Crippen LogP contribution in [0.1, 0.15) is 0 Å². The Morgan fingerprint density at radius 3 is 2.41 bits per heavy atom. The van der Waals surface area contributed by atoms with Crippen LogP contribution in [-0.4, -0.2) is 9.97 Å². The molecule has 106 valence electrons. The zero-order valence-electron chi connectivity index (χ0n) is 11.8. The Morgan fingerprint density at radius 2 is 1.55 bits per heavy atom. The van der Waals surface area contributed by atoms with Crippen LogP contribution in [-0.2, 0) is 0 Å². The van der Waals surface area contributed by atoms with Crippen molar-refractivity contribution in [2.75, 3.05) is 11.5 Å². The molecule has 0 aliphatic carbocycles. The van der Waals surface area contributed by atoms with Crippen molar-refractivity contribution < 1.29 is 0 Å². The van der Waals surface area contributed by atoms with Crippen molar-refractivity contribution in [2.45, 2.75) is 0 Å². The molecule has 0 saturated heterocycles. The average molecular weight is 286 g/mol. The SMILES string of the molecule is Nc1cc2cccc(-c3cccc4ccnc(N)c34)c2cn1. The van der Waals surface area contributed by atoms with E-state index in [0.717, 1.165) is 32.7 Å². The monoisotopic (exact) mass is 286 g/mol. The molecule has 0 saturated carbocycles. The van der Waals surface area contributed by atoms with Crippen molar-refractivity contribution in [1.82, 2.24) is 9.97 Å². The minimum Gasteiger partial charge on any atom is -0.384 e. The van der Waals surface area contributed by atoms with Crippen molar-refractivity contribution >= 4 is 33.2 Å². The number of hydrogen-bond donors (Lipinski definition) is 2. The smallest absolute Gasteiger partial charge is 0.131 e. The summed E-state index contributed by atoms with van der Waals surface area (Å²) in [5, 5.41) is 4.15. The molecule has 2 aromatic heterocycles. The zero-order valence-corrected chi connectivity index (χ0v) is 11.8. The highest BCUT2D eigenvalue weighted by molar-refractivity contribution is 6.08. The molecule has 0 bridgehead atoms. The first kappa shape index (κ1) is 12.6. The number of pyridine rings is 2. The minimum absolute atomic E-state index is 0.517. The number of anilines is 2. The fraction of sp³-hybridized carbons (Fsp3) is 0. The van der Waals surface area contributed by atoms with Gasteiger partial charge in [0.15, 0.2) is 0 Å². The third-order valence-electron chi connectivity index (χ3n) is 3.90. The molecule has 4 rings (SSSR count). The van der Waals surface area contributed by atoms with Gasteiger partial charge in [-0.25, -0.2) is 9.97 Å². The molecule has 4 heteroatoms. The predicted octanol–water partition coefficient (Wildman–Crippen LogP) is 3.61. The van der Waals surface area contributed by atoms with Crippen LogP contribution >= 0.6 is 0 Å². The molecule has 4 aromatic rings. The molecule has 0 atom stereocenters. The number of rotatable bonds is 1. The first-order chi connectivity index (χ1) is 10.7. The van der Waals surface area contributed by atoms with Gasteiger partial charge in [-0.2, -0.15) is 0 Å². The molecule has 2 heterocycles. The van der Waals surface area contributed by atoms with Gasteiger partial charge < -0.3 is 11.5 Å². The Morgan fingerprint density at radius 1 is 0.773 bits per heavy atom. The van der Waals surface area contributed by atoms with Crippen LogP contribution < -0.4 is 11.5 Å². The quantitative estimate of drug-likeness (QED) is 0.560. The topological polar surface area (TPSA) is 77.8 Å². The van der Waals surface area contributed by atoms with E-state index in [9.17, 15) is 0 Å². The lowest BCUT2D eigenvalue weighted by atomic mass is 9.95. The van der Waals surface area contributed by atoms with Gasteiger partial charge in [0.2, 0.25) is 0 Å². The summed E-state index contributed by atoms with van der Waals surface area (Å²) >= 11 is 0. The minimum atomic E-state index is 0.517. The first-order valence-corrected chi connectivity index (χ1v) is 7.02. The predicted molar refractivity (Wildman–Crippen MR) is 91.3 cm³/mol. The van der Waals surface area contributed by atoms with E-state index in [1.807, 2.05) is 42.6 Å². The van der Waals surface area contributed by atoms with Crippen LogP contribution in [0.15, 0.2) is 60.9 Å². The van der Waals surface area contributed by atoms with E-state index in [2.05, 4.69) is 22.1 Å². The maximum atomic E-state index is 6.12. The lowest BCUT2D eigenvalue weighted by Gasteiger charge is -2.11. The van der Waals surface area contributed by atoms with Crippen LogP contribution in [0.4, 0.5) is 11.6 Å². The molecule has 0 aliphatic rings. The summed E-state index contributed by atoms with van der Waals surface area (Å²) in [6.45, 7) is 0. The standard InChI is InChI=1S/C18H14N4/c19-16-9-12-4-2-5-13(15(12)10-22-16)14-6-1-3-11-7-8-21-18(20)17(11)14/h1-10H,(H2,19,22)(H2,20,21). The average Bonchev–Trinajstić information content (AvgIpc) is 2.54. The second kappa shape index (κ2) is 4.70. The molecular formula is C18H14N4.